The van der Waals surface area contributed by atoms with Crippen LogP contribution >= 0.6 is 15.9 Å². The van der Waals surface area contributed by atoms with Gasteiger partial charge < -0.3 is 10.1 Å². The van der Waals surface area contributed by atoms with E-state index in [1.165, 1.54) is 12.1 Å². The first-order chi connectivity index (χ1) is 9.70. The Hall–Kier alpha value is -1.81. The monoisotopic (exact) mass is 335 g/mol. The van der Waals surface area contributed by atoms with Crippen LogP contribution in [0.4, 0.5) is 10.1 Å². The fourth-order valence-corrected chi connectivity index (χ4v) is 2.25. The van der Waals surface area contributed by atoms with Gasteiger partial charge in [-0.1, -0.05) is 30.9 Å². The van der Waals surface area contributed by atoms with Crippen molar-refractivity contribution in [1.29, 1.82) is 0 Å². The minimum Gasteiger partial charge on any atom is -0.489 e. The maximum atomic E-state index is 13.0. The van der Waals surface area contributed by atoms with Gasteiger partial charge in [0.05, 0.1) is 0 Å². The van der Waals surface area contributed by atoms with Gasteiger partial charge in [-0.25, -0.2) is 4.39 Å². The van der Waals surface area contributed by atoms with Gasteiger partial charge in [0.15, 0.2) is 0 Å². The Bertz CT molecular complexity index is 601. The third-order valence-corrected chi connectivity index (χ3v) is 3.39. The van der Waals surface area contributed by atoms with Crippen molar-refractivity contribution in [3.63, 3.8) is 0 Å². The van der Waals surface area contributed by atoms with Gasteiger partial charge in [0, 0.05) is 22.3 Å². The molecule has 0 saturated carbocycles. The molecule has 0 aliphatic heterocycles. The summed E-state index contributed by atoms with van der Waals surface area (Å²) in [6, 6.07) is 12.3. The van der Waals surface area contributed by atoms with Crippen LogP contribution in [0.1, 0.15) is 5.56 Å². The van der Waals surface area contributed by atoms with E-state index in [1.807, 2.05) is 24.3 Å². The average Bonchev–Trinajstić information content (AvgIpc) is 2.45. The molecule has 0 heterocycles. The Morgan fingerprint density at radius 1 is 1.25 bits per heavy atom. The number of nitrogens with one attached hydrogen (secondary N) is 1. The van der Waals surface area contributed by atoms with Crippen molar-refractivity contribution < 1.29 is 9.13 Å². The summed E-state index contributed by atoms with van der Waals surface area (Å²) in [7, 11) is 0. The Labute approximate surface area is 126 Å². The molecule has 0 fully saturated rings. The van der Waals surface area contributed by atoms with Crippen LogP contribution in [-0.4, -0.2) is 6.61 Å². The van der Waals surface area contributed by atoms with Crippen LogP contribution in [0.5, 0.6) is 5.75 Å². The first kappa shape index (κ1) is 14.6. The van der Waals surface area contributed by atoms with Gasteiger partial charge in [0.25, 0.3) is 0 Å². The molecule has 0 aliphatic rings. The van der Waals surface area contributed by atoms with Crippen molar-refractivity contribution in [3.8, 4) is 5.75 Å². The quantitative estimate of drug-likeness (QED) is 0.768. The number of anilines is 1. The zero-order valence-corrected chi connectivity index (χ0v) is 12.5. The van der Waals surface area contributed by atoms with Gasteiger partial charge in [-0.05, 0) is 40.2 Å². The molecule has 1 N–H and O–H groups in total. The first-order valence-electron chi connectivity index (χ1n) is 6.21. The van der Waals surface area contributed by atoms with Crippen LogP contribution in [0, 0.1) is 5.82 Å². The van der Waals surface area contributed by atoms with Crippen molar-refractivity contribution in [3.05, 3.63) is 71.0 Å². The highest BCUT2D eigenvalue weighted by molar-refractivity contribution is 9.10. The molecule has 0 unspecified atom stereocenters. The predicted molar refractivity (Wildman–Crippen MR) is 83.6 cm³/mol. The molecule has 2 nitrogen and oxygen atoms in total. The molecule has 0 radical (unpaired) electrons. The van der Waals surface area contributed by atoms with E-state index >= 15 is 0 Å². The van der Waals surface area contributed by atoms with E-state index in [4.69, 9.17) is 4.74 Å². The van der Waals surface area contributed by atoms with Gasteiger partial charge in [-0.3, -0.25) is 0 Å². The molecule has 0 aliphatic carbocycles. The van der Waals surface area contributed by atoms with Crippen LogP contribution in [0.15, 0.2) is 59.6 Å². The molecule has 0 spiro atoms. The number of para-hydroxylation sites is 1. The fraction of sp³-hybridized carbons (Fsp3) is 0.125. The smallest absolute Gasteiger partial charge is 0.124 e. The molecule has 2 aromatic carbocycles. The van der Waals surface area contributed by atoms with Gasteiger partial charge in [-0.2, -0.15) is 0 Å². The SMILES string of the molecule is C=CCOc1ccccc1CNc1ccc(F)cc1Br. The minimum absolute atomic E-state index is 0.267. The highest BCUT2D eigenvalue weighted by atomic mass is 79.9. The first-order valence-corrected chi connectivity index (χ1v) is 7.00. The highest BCUT2D eigenvalue weighted by Gasteiger charge is 2.05. The van der Waals surface area contributed by atoms with E-state index in [9.17, 15) is 4.39 Å². The molecule has 4 heteroatoms. The summed E-state index contributed by atoms with van der Waals surface area (Å²) in [5, 5.41) is 3.25. The average molecular weight is 336 g/mol. The molecule has 104 valence electrons. The van der Waals surface area contributed by atoms with Crippen molar-refractivity contribution in [2.45, 2.75) is 6.54 Å². The van der Waals surface area contributed by atoms with Crippen molar-refractivity contribution >= 4 is 21.6 Å². The van der Waals surface area contributed by atoms with Crippen LogP contribution in [0.3, 0.4) is 0 Å². The third-order valence-electron chi connectivity index (χ3n) is 2.73. The summed E-state index contributed by atoms with van der Waals surface area (Å²) >= 11 is 3.33. The van der Waals surface area contributed by atoms with E-state index < -0.39 is 0 Å². The fourth-order valence-electron chi connectivity index (χ4n) is 1.76. The lowest BCUT2D eigenvalue weighted by molar-refractivity contribution is 0.359. The number of halogens is 2. The van der Waals surface area contributed by atoms with Crippen LogP contribution < -0.4 is 10.1 Å². The third kappa shape index (κ3) is 3.84. The number of ether oxygens (including phenoxy) is 1. The molecular weight excluding hydrogens is 321 g/mol. The number of hydrogen-bond donors (Lipinski definition) is 1. The zero-order valence-electron chi connectivity index (χ0n) is 10.9. The number of hydrogen-bond acceptors (Lipinski definition) is 2. The summed E-state index contributed by atoms with van der Waals surface area (Å²) in [6.45, 7) is 4.70. The van der Waals surface area contributed by atoms with Crippen LogP contribution in [0.2, 0.25) is 0 Å². The van der Waals surface area contributed by atoms with E-state index in [0.29, 0.717) is 17.6 Å². The second kappa shape index (κ2) is 7.10. The zero-order chi connectivity index (χ0) is 14.4. The lowest BCUT2D eigenvalue weighted by atomic mass is 10.2. The number of rotatable bonds is 6. The minimum atomic E-state index is -0.267. The van der Waals surface area contributed by atoms with Gasteiger partial charge >= 0.3 is 0 Å². The van der Waals surface area contributed by atoms with Crippen molar-refractivity contribution in [1.82, 2.24) is 0 Å². The molecule has 2 rings (SSSR count). The van der Waals surface area contributed by atoms with E-state index in [1.54, 1.807) is 12.1 Å². The number of benzene rings is 2. The summed E-state index contributed by atoms with van der Waals surface area (Å²) in [4.78, 5) is 0. The molecule has 0 amide bonds. The van der Waals surface area contributed by atoms with E-state index in [2.05, 4.69) is 27.8 Å². The summed E-state index contributed by atoms with van der Waals surface area (Å²) in [5.41, 5.74) is 1.87. The van der Waals surface area contributed by atoms with Crippen LogP contribution in [0.25, 0.3) is 0 Å². The lowest BCUT2D eigenvalue weighted by Crippen LogP contribution is -2.04. The molecule has 2 aromatic rings. The van der Waals surface area contributed by atoms with Gasteiger partial charge in [0.2, 0.25) is 0 Å². The molecule has 0 saturated heterocycles. The largest absolute Gasteiger partial charge is 0.489 e. The Morgan fingerprint density at radius 3 is 2.80 bits per heavy atom. The Balaban J connectivity index is 2.08. The summed E-state index contributed by atoms with van der Waals surface area (Å²) in [5.74, 6) is 0.551. The van der Waals surface area contributed by atoms with Crippen LogP contribution in [-0.2, 0) is 6.54 Å². The standard InChI is InChI=1S/C16H15BrFNO/c1-2-9-20-16-6-4-3-5-12(16)11-19-15-8-7-13(18)10-14(15)17/h2-8,10,19H,1,9,11H2. The Kier molecular flexibility index (Phi) is 5.18. The second-order valence-electron chi connectivity index (χ2n) is 4.19. The topological polar surface area (TPSA) is 21.3 Å². The molecule has 0 atom stereocenters. The van der Waals surface area contributed by atoms with E-state index in [0.717, 1.165) is 17.0 Å². The summed E-state index contributed by atoms with van der Waals surface area (Å²) < 4.78 is 19.3. The van der Waals surface area contributed by atoms with Gasteiger partial charge in [-0.15, -0.1) is 0 Å². The molecule has 0 aromatic heterocycles. The van der Waals surface area contributed by atoms with Crippen molar-refractivity contribution in [2.75, 3.05) is 11.9 Å². The predicted octanol–water partition coefficient (Wildman–Crippen LogP) is 4.77. The normalized spacial score (nSPS) is 10.1. The van der Waals surface area contributed by atoms with Gasteiger partial charge in [0.1, 0.15) is 18.2 Å². The maximum Gasteiger partial charge on any atom is 0.124 e. The van der Waals surface area contributed by atoms with Crippen molar-refractivity contribution in [2.24, 2.45) is 0 Å². The molecular formula is C16H15BrFNO. The maximum absolute atomic E-state index is 13.0. The second-order valence-corrected chi connectivity index (χ2v) is 5.04. The highest BCUT2D eigenvalue weighted by Crippen LogP contribution is 2.25. The Morgan fingerprint density at radius 2 is 2.05 bits per heavy atom. The summed E-state index contributed by atoms with van der Waals surface area (Å²) in [6.07, 6.45) is 1.71. The van der Waals surface area contributed by atoms with E-state index in [-0.39, 0.29) is 5.82 Å². The molecule has 0 bridgehead atoms. The lowest BCUT2D eigenvalue weighted by Gasteiger charge is -2.12. The molecule has 20 heavy (non-hydrogen) atoms.